The van der Waals surface area contributed by atoms with Gasteiger partial charge in [0.2, 0.25) is 0 Å². The first-order valence-electron chi connectivity index (χ1n) is 24.3. The van der Waals surface area contributed by atoms with Crippen LogP contribution in [0.15, 0.2) is 197 Å². The fourth-order valence-corrected chi connectivity index (χ4v) is 10.3. The fourth-order valence-electron chi connectivity index (χ4n) is 9.44. The predicted octanol–water partition coefficient (Wildman–Crippen LogP) is 15.7. The number of nitrogens with zero attached hydrogens (tertiary/aromatic N) is 6. The van der Waals surface area contributed by atoms with Crippen LogP contribution in [0.25, 0.3) is 32.7 Å². The Balaban J connectivity index is 0.000000178. The molecular weight excluding hydrogens is 1770 g/mol. The van der Waals surface area contributed by atoms with Crippen LogP contribution in [0.1, 0.15) is 91.6 Å². The van der Waals surface area contributed by atoms with Gasteiger partial charge in [-0.1, -0.05) is 159 Å². The van der Waals surface area contributed by atoms with Gasteiger partial charge in [0, 0.05) is 119 Å². The van der Waals surface area contributed by atoms with Crippen molar-refractivity contribution in [1.29, 1.82) is 1.34 Å². The van der Waals surface area contributed by atoms with Crippen LogP contribution < -0.4 is 13.3 Å². The number of fused-ring (bicyclic) bond motifs is 6. The van der Waals surface area contributed by atoms with Gasteiger partial charge in [0.05, 0.1) is 44.8 Å². The summed E-state index contributed by atoms with van der Waals surface area (Å²) in [5.41, 5.74) is 11.9. The van der Waals surface area contributed by atoms with Crippen molar-refractivity contribution in [2.75, 3.05) is 0 Å². The molecule has 6 nitrogen and oxygen atoms in total. The molecule has 0 saturated heterocycles. The van der Waals surface area contributed by atoms with Crippen LogP contribution in [0.4, 0.5) is 8.78 Å². The molecule has 6 aromatic carbocycles. The maximum absolute atomic E-state index is 14.8. The number of rotatable bonds is 3. The van der Waals surface area contributed by atoms with Crippen LogP contribution in [0, 0.1) is 0 Å². The Hall–Kier alpha value is -2.18. The van der Waals surface area contributed by atoms with Gasteiger partial charge in [-0.2, -0.15) is 8.78 Å². The topological polar surface area (TPSA) is 75.8 Å². The van der Waals surface area contributed by atoms with E-state index in [9.17, 15) is 8.78 Å². The van der Waals surface area contributed by atoms with Gasteiger partial charge in [-0.15, -0.1) is 24.0 Å². The molecule has 0 unspecified atom stereocenters. The maximum atomic E-state index is 14.8. The molecule has 6 heterocycles. The average Bonchev–Trinajstić information content (AvgIpc) is 3.60. The van der Waals surface area contributed by atoms with E-state index in [0.717, 1.165) is 72.8 Å². The second-order valence-electron chi connectivity index (χ2n) is 19.7. The summed E-state index contributed by atoms with van der Waals surface area (Å²) in [7, 11) is 3.75. The Morgan fingerprint density at radius 3 is 1.29 bits per heavy atom. The van der Waals surface area contributed by atoms with Crippen molar-refractivity contribution in [2.24, 2.45) is 15.0 Å². The van der Waals surface area contributed by atoms with Crippen LogP contribution in [-0.4, -0.2) is 58.4 Å². The molecule has 0 fully saturated rings. The minimum atomic E-state index is -3.02. The van der Waals surface area contributed by atoms with Gasteiger partial charge in [-0.3, -0.25) is 29.9 Å². The molecule has 0 saturated carbocycles. The van der Waals surface area contributed by atoms with Gasteiger partial charge in [0.15, 0.2) is 0 Å². The Bertz CT molecular complexity index is 3500. The molecule has 3 aliphatic rings. The van der Waals surface area contributed by atoms with Crippen molar-refractivity contribution in [2.45, 2.75) is 73.7 Å². The molecule has 12 rings (SSSR count). The Kier molecular flexibility index (Phi) is 22.1. The van der Waals surface area contributed by atoms with E-state index in [4.69, 9.17) is 11.3 Å². The SMILES string of the molecule is CC1(C)Cc2ccccc2C(c2cnc3ccccc3c2)=N1.CC1(C)N=C(c2cnc3ccccc3c2)c2ccccc2C1(Br)Br.CC1(C)N=C(c2cnc3ccccc3c2)c2ccccc2C1(F)F.I.II.I[I-]I.[2H][B]. The van der Waals surface area contributed by atoms with Gasteiger partial charge in [-0.25, -0.2) is 0 Å². The largest absolute Gasteiger partial charge is 0.0379 e. The van der Waals surface area contributed by atoms with Crippen LogP contribution in [0.2, 0.25) is 0 Å². The summed E-state index contributed by atoms with van der Waals surface area (Å²) in [6.45, 7) is 11.6. The first-order valence-corrected chi connectivity index (χ1v) is 44.2. The second-order valence-corrected chi connectivity index (χ2v) is 39.4. The molecule has 0 amide bonds. The molecule has 396 valence electrons. The predicted molar refractivity (Wildman–Crippen MR) is 369 cm³/mol. The normalized spacial score (nSPS) is 16.3. The van der Waals surface area contributed by atoms with E-state index in [1.165, 1.54) is 36.6 Å². The minimum absolute atomic E-state index is 0. The number of hydrogen-bond donors (Lipinski definition) is 0. The molecule has 0 spiro atoms. The molecule has 3 aliphatic heterocycles. The summed E-state index contributed by atoms with van der Waals surface area (Å²) in [5, 5.41) is 3.25. The molecule has 0 atom stereocenters. The smallest absolute Gasteiger partial charge is 0.0379 e. The van der Waals surface area contributed by atoms with Crippen LogP contribution in [0.3, 0.4) is 0 Å². The van der Waals surface area contributed by atoms with E-state index in [-0.39, 0.29) is 40.6 Å². The first-order chi connectivity index (χ1) is 36.8. The van der Waals surface area contributed by atoms with Gasteiger partial charge in [-0.05, 0) is 96.8 Å². The van der Waals surface area contributed by atoms with Gasteiger partial charge >= 0.3 is 50.5 Å². The van der Waals surface area contributed by atoms with Crippen molar-refractivity contribution in [3.05, 3.63) is 232 Å². The Morgan fingerprint density at radius 2 is 0.831 bits per heavy atom. The van der Waals surface area contributed by atoms with E-state index < -0.39 is 14.7 Å². The third-order valence-electron chi connectivity index (χ3n) is 13.3. The fraction of sp³-hybridized carbons (Fsp3) is 0.200. The molecule has 0 bridgehead atoms. The average molecular weight is 1830 g/mol. The standard InChI is InChI=1S/C20H16Br2N2.C20H16F2N2.C20H18N2.BH.I3.I2.HI/c2*1-19(2)20(21,22)16-9-5-4-8-15(16)18(24-19)14-11-13-7-3-6-10-17(13)23-12-14;1-20(2)12-15-8-3-5-9-17(15)19(22-20)16-11-14-7-4-6-10-18(14)21-13-16;;1-3-2;1-2;/h2*3-12H,1-2H3;3-11,13H,12H2,1-2H3;1H;;;1H/q;;;;-1;;/i;;;1D;;;. The molecule has 0 N–H and O–H groups in total. The Morgan fingerprint density at radius 1 is 0.494 bits per heavy atom. The van der Waals surface area contributed by atoms with Crippen molar-refractivity contribution in [1.82, 2.24) is 15.0 Å². The van der Waals surface area contributed by atoms with Crippen LogP contribution in [-0.2, 0) is 15.6 Å². The molecule has 2 radical (unpaired) electrons. The molecule has 17 heteroatoms. The summed E-state index contributed by atoms with van der Waals surface area (Å²) in [6, 6.07) is 54.0. The zero-order valence-corrected chi connectivity index (χ0v) is 58.9. The molecular formula is C60H52BBr2F2I6N6-. The number of para-hydroxylation sites is 3. The Labute approximate surface area is 540 Å². The maximum Gasteiger partial charge on any atom is 0.0379 e. The number of alkyl halides is 4. The third-order valence-corrected chi connectivity index (χ3v) is 16.1. The molecule has 77 heavy (non-hydrogen) atoms. The van der Waals surface area contributed by atoms with Crippen molar-refractivity contribution in [3.63, 3.8) is 0 Å². The number of benzene rings is 6. The monoisotopic (exact) mass is 1830 g/mol. The zero-order chi connectivity index (χ0) is 55.8. The van der Waals surface area contributed by atoms with E-state index in [2.05, 4.69) is 235 Å². The van der Waals surface area contributed by atoms with Crippen molar-refractivity contribution < 1.29 is 22.0 Å². The van der Waals surface area contributed by atoms with E-state index >= 15 is 0 Å². The van der Waals surface area contributed by atoms with Crippen molar-refractivity contribution in [3.8, 4) is 0 Å². The van der Waals surface area contributed by atoms with Gasteiger partial charge in [0.1, 0.15) is 8.77 Å². The van der Waals surface area contributed by atoms with E-state index in [1.54, 1.807) is 24.4 Å². The molecule has 3 aromatic heterocycles. The summed E-state index contributed by atoms with van der Waals surface area (Å²) in [5.74, 6) is -3.02. The summed E-state index contributed by atoms with van der Waals surface area (Å²) in [4.78, 5) is 28.1. The first kappa shape index (κ1) is 62.4. The number of aromatic nitrogens is 3. The summed E-state index contributed by atoms with van der Waals surface area (Å²) in [6.07, 6.45) is 6.55. The van der Waals surface area contributed by atoms with Crippen LogP contribution in [0.5, 0.6) is 0 Å². The van der Waals surface area contributed by atoms with E-state index in [1.807, 2.05) is 79.1 Å². The van der Waals surface area contributed by atoms with Gasteiger partial charge in [0.25, 0.3) is 5.92 Å². The number of halogens is 10. The molecule has 0 aliphatic carbocycles. The molecule has 9 aromatic rings. The van der Waals surface area contributed by atoms with Crippen LogP contribution >= 0.6 is 130 Å². The zero-order valence-electron chi connectivity index (χ0n) is 43.6. The number of pyridine rings is 3. The van der Waals surface area contributed by atoms with E-state index in [0.29, 0.717) is 24.5 Å². The second kappa shape index (κ2) is 27.3. The third kappa shape index (κ3) is 14.0. The quantitative estimate of drug-likeness (QED) is 0.100. The van der Waals surface area contributed by atoms with Gasteiger partial charge < -0.3 is 0 Å². The summed E-state index contributed by atoms with van der Waals surface area (Å²) >= 11 is 17.2. The van der Waals surface area contributed by atoms with Crippen molar-refractivity contribution >= 4 is 189 Å². The summed E-state index contributed by atoms with van der Waals surface area (Å²) < 4.78 is 34.4. The number of aliphatic imine (C=N–C) groups is 3. The number of hydrogen-bond acceptors (Lipinski definition) is 6. The minimum Gasteiger partial charge on any atom is -0.0379 e.